The molecule has 1 aliphatic rings. The predicted molar refractivity (Wildman–Crippen MR) is 70.9 cm³/mol. The number of halogens is 1. The van der Waals surface area contributed by atoms with E-state index in [4.69, 9.17) is 4.74 Å². The minimum absolute atomic E-state index is 0. The van der Waals surface area contributed by atoms with Crippen LogP contribution in [0.4, 0.5) is 0 Å². The van der Waals surface area contributed by atoms with Gasteiger partial charge in [-0.3, -0.25) is 4.90 Å². The van der Waals surface area contributed by atoms with Crippen molar-refractivity contribution in [3.8, 4) is 5.75 Å². The third-order valence-electron chi connectivity index (χ3n) is 2.91. The Hall–Kier alpha value is -0.290. The van der Waals surface area contributed by atoms with E-state index in [1.807, 2.05) is 6.07 Å². The van der Waals surface area contributed by atoms with Crippen LogP contribution < -0.4 is 10.1 Å². The first kappa shape index (κ1) is 13.8. The van der Waals surface area contributed by atoms with Crippen LogP contribution in [-0.2, 0) is 6.54 Å². The maximum Gasteiger partial charge on any atom is 0.134 e. The number of hydrogen-bond donors (Lipinski definition) is 1. The van der Waals surface area contributed by atoms with E-state index < -0.39 is 0 Å². The fourth-order valence-electron chi connectivity index (χ4n) is 1.93. The lowest BCUT2D eigenvalue weighted by Crippen LogP contribution is -2.49. The molecule has 1 fully saturated rings. The van der Waals surface area contributed by atoms with Gasteiger partial charge in [-0.2, -0.15) is 0 Å². The molecule has 0 aliphatic carbocycles. The van der Waals surface area contributed by atoms with Crippen LogP contribution in [0, 0.1) is 0 Å². The number of ether oxygens (including phenoxy) is 1. The van der Waals surface area contributed by atoms with Crippen LogP contribution in [-0.4, -0.2) is 37.7 Å². The molecule has 1 aromatic rings. The number of hydrogen-bond acceptors (Lipinski definition) is 4. The van der Waals surface area contributed by atoms with Gasteiger partial charge in [-0.05, 0) is 18.4 Å². The molecule has 0 aromatic carbocycles. The van der Waals surface area contributed by atoms with Gasteiger partial charge in [0.2, 0.25) is 0 Å². The van der Waals surface area contributed by atoms with Gasteiger partial charge in [0.05, 0.1) is 12.0 Å². The van der Waals surface area contributed by atoms with Crippen LogP contribution in [0.3, 0.4) is 0 Å². The van der Waals surface area contributed by atoms with Crippen molar-refractivity contribution in [3.63, 3.8) is 0 Å². The quantitative estimate of drug-likeness (QED) is 0.902. The van der Waals surface area contributed by atoms with Crippen molar-refractivity contribution in [1.82, 2.24) is 10.2 Å². The Morgan fingerprint density at radius 3 is 3.12 bits per heavy atom. The van der Waals surface area contributed by atoms with Crippen LogP contribution in [0.25, 0.3) is 0 Å². The number of methoxy groups -OCH3 is 1. The van der Waals surface area contributed by atoms with Gasteiger partial charge < -0.3 is 10.1 Å². The van der Waals surface area contributed by atoms with E-state index >= 15 is 0 Å². The lowest BCUT2D eigenvalue weighted by molar-refractivity contribution is 0.165. The molecule has 0 spiro atoms. The third kappa shape index (κ3) is 3.10. The Kier molecular flexibility index (Phi) is 5.55. The Labute approximate surface area is 107 Å². The molecule has 1 N–H and O–H groups in total. The summed E-state index contributed by atoms with van der Waals surface area (Å²) in [6.07, 6.45) is 0. The zero-order valence-corrected chi connectivity index (χ0v) is 11.4. The fraction of sp³-hybridized carbons (Fsp3) is 0.636. The zero-order chi connectivity index (χ0) is 10.7. The summed E-state index contributed by atoms with van der Waals surface area (Å²) >= 11 is 1.78. The zero-order valence-electron chi connectivity index (χ0n) is 9.73. The standard InChI is InChI=1S/C11H18N2OS.ClH/c1-9-7-12-4-5-13(9)8-11-10(14-2)3-6-15-11;/h3,6,9,12H,4-5,7-8H2,1-2H3;1H/t9-;/m0./s1. The first-order valence-corrected chi connectivity index (χ1v) is 6.24. The summed E-state index contributed by atoms with van der Waals surface area (Å²) < 4.78 is 5.33. The van der Waals surface area contributed by atoms with E-state index in [0.29, 0.717) is 6.04 Å². The Balaban J connectivity index is 0.00000128. The van der Waals surface area contributed by atoms with Crippen molar-refractivity contribution in [2.45, 2.75) is 19.5 Å². The van der Waals surface area contributed by atoms with Crippen molar-refractivity contribution in [1.29, 1.82) is 0 Å². The average molecular weight is 263 g/mol. The fourth-order valence-corrected chi connectivity index (χ4v) is 2.79. The SMILES string of the molecule is COc1ccsc1CN1CCNC[C@@H]1C.Cl. The topological polar surface area (TPSA) is 24.5 Å². The van der Waals surface area contributed by atoms with E-state index in [0.717, 1.165) is 31.9 Å². The van der Waals surface area contributed by atoms with Gasteiger partial charge in [0.25, 0.3) is 0 Å². The van der Waals surface area contributed by atoms with Crippen LogP contribution >= 0.6 is 23.7 Å². The highest BCUT2D eigenvalue weighted by molar-refractivity contribution is 7.10. The molecule has 2 heterocycles. The van der Waals surface area contributed by atoms with Crippen LogP contribution in [0.15, 0.2) is 11.4 Å². The smallest absolute Gasteiger partial charge is 0.134 e. The number of piperazine rings is 1. The highest BCUT2D eigenvalue weighted by Crippen LogP contribution is 2.26. The normalized spacial score (nSPS) is 21.5. The van der Waals surface area contributed by atoms with Gasteiger partial charge in [0.1, 0.15) is 5.75 Å². The summed E-state index contributed by atoms with van der Waals surface area (Å²) in [5.41, 5.74) is 0. The summed E-state index contributed by atoms with van der Waals surface area (Å²) in [6, 6.07) is 2.66. The first-order valence-electron chi connectivity index (χ1n) is 5.36. The lowest BCUT2D eigenvalue weighted by atomic mass is 10.2. The van der Waals surface area contributed by atoms with Crippen LogP contribution in [0.1, 0.15) is 11.8 Å². The molecule has 0 bridgehead atoms. The molecule has 3 nitrogen and oxygen atoms in total. The Bertz CT molecular complexity index is 319. The number of nitrogens with one attached hydrogen (secondary N) is 1. The maximum absolute atomic E-state index is 5.33. The second-order valence-electron chi connectivity index (χ2n) is 3.94. The molecular formula is C11H19ClN2OS. The van der Waals surface area contributed by atoms with Gasteiger partial charge in [0.15, 0.2) is 0 Å². The van der Waals surface area contributed by atoms with E-state index in [1.165, 1.54) is 4.88 Å². The summed E-state index contributed by atoms with van der Waals surface area (Å²) in [7, 11) is 1.74. The monoisotopic (exact) mass is 262 g/mol. The van der Waals surface area contributed by atoms with Gasteiger partial charge in [0, 0.05) is 32.2 Å². The van der Waals surface area contributed by atoms with Gasteiger partial charge >= 0.3 is 0 Å². The van der Waals surface area contributed by atoms with Gasteiger partial charge in [-0.25, -0.2) is 0 Å². The van der Waals surface area contributed by atoms with Crippen molar-refractivity contribution in [2.75, 3.05) is 26.7 Å². The summed E-state index contributed by atoms with van der Waals surface area (Å²) in [4.78, 5) is 3.84. The number of rotatable bonds is 3. The van der Waals surface area contributed by atoms with E-state index in [-0.39, 0.29) is 12.4 Å². The average Bonchev–Trinajstić information content (AvgIpc) is 2.69. The molecule has 16 heavy (non-hydrogen) atoms. The molecule has 5 heteroatoms. The van der Waals surface area contributed by atoms with E-state index in [1.54, 1.807) is 18.4 Å². The molecule has 0 unspecified atom stereocenters. The molecule has 0 radical (unpaired) electrons. The number of nitrogens with zero attached hydrogens (tertiary/aromatic N) is 1. The highest BCUT2D eigenvalue weighted by atomic mass is 35.5. The molecule has 1 aromatic heterocycles. The van der Waals surface area contributed by atoms with Crippen molar-refractivity contribution < 1.29 is 4.74 Å². The van der Waals surface area contributed by atoms with E-state index in [9.17, 15) is 0 Å². The molecule has 0 amide bonds. The summed E-state index contributed by atoms with van der Waals surface area (Å²) in [5.74, 6) is 1.03. The summed E-state index contributed by atoms with van der Waals surface area (Å²) in [5, 5.41) is 5.50. The first-order chi connectivity index (χ1) is 7.31. The van der Waals surface area contributed by atoms with Gasteiger partial charge in [-0.15, -0.1) is 23.7 Å². The number of thiophene rings is 1. The maximum atomic E-state index is 5.33. The Morgan fingerprint density at radius 2 is 2.44 bits per heavy atom. The van der Waals surface area contributed by atoms with E-state index in [2.05, 4.69) is 22.5 Å². The highest BCUT2D eigenvalue weighted by Gasteiger charge is 2.19. The molecule has 1 aliphatic heterocycles. The van der Waals surface area contributed by atoms with Crippen molar-refractivity contribution in [2.24, 2.45) is 0 Å². The second kappa shape index (κ2) is 6.45. The summed E-state index contributed by atoms with van der Waals surface area (Å²) in [6.45, 7) is 6.60. The molecule has 0 saturated carbocycles. The van der Waals surface area contributed by atoms with Crippen molar-refractivity contribution in [3.05, 3.63) is 16.3 Å². The minimum atomic E-state index is 0. The third-order valence-corrected chi connectivity index (χ3v) is 3.80. The minimum Gasteiger partial charge on any atom is -0.496 e. The second-order valence-corrected chi connectivity index (χ2v) is 4.94. The molecular weight excluding hydrogens is 244 g/mol. The van der Waals surface area contributed by atoms with Crippen molar-refractivity contribution >= 4 is 23.7 Å². The lowest BCUT2D eigenvalue weighted by Gasteiger charge is -2.33. The molecule has 92 valence electrons. The molecule has 1 atom stereocenters. The molecule has 1 saturated heterocycles. The largest absolute Gasteiger partial charge is 0.496 e. The van der Waals surface area contributed by atoms with Crippen LogP contribution in [0.2, 0.25) is 0 Å². The van der Waals surface area contributed by atoms with Crippen LogP contribution in [0.5, 0.6) is 5.75 Å². The molecule has 2 rings (SSSR count). The Morgan fingerprint density at radius 1 is 1.62 bits per heavy atom. The predicted octanol–water partition coefficient (Wildman–Crippen LogP) is 1.97. The van der Waals surface area contributed by atoms with Gasteiger partial charge in [-0.1, -0.05) is 0 Å².